The molecule has 0 unspecified atom stereocenters. The van der Waals surface area contributed by atoms with Crippen LogP contribution in [0.3, 0.4) is 0 Å². The second-order valence-corrected chi connectivity index (χ2v) is 3.67. The summed E-state index contributed by atoms with van der Waals surface area (Å²) >= 11 is 0. The van der Waals surface area contributed by atoms with Gasteiger partial charge in [0.1, 0.15) is 0 Å². The van der Waals surface area contributed by atoms with E-state index in [2.05, 4.69) is 22.8 Å². The van der Waals surface area contributed by atoms with Gasteiger partial charge in [-0.15, -0.1) is 0 Å². The monoisotopic (exact) mass is 210 g/mol. The van der Waals surface area contributed by atoms with Crippen LogP contribution in [0.2, 0.25) is 0 Å². The SMILES string of the molecule is O=CN1C=Cn2c(cc3c2=CC=CC=C3)=C1. The van der Waals surface area contributed by atoms with E-state index in [1.165, 1.54) is 4.90 Å². The van der Waals surface area contributed by atoms with Crippen molar-refractivity contribution < 1.29 is 4.79 Å². The van der Waals surface area contributed by atoms with Crippen LogP contribution < -0.4 is 10.7 Å². The molecule has 3 nitrogen and oxygen atoms in total. The minimum absolute atomic E-state index is 0.789. The molecule has 3 rings (SSSR count). The number of nitrogens with zero attached hydrogens (tertiary/aromatic N) is 2. The van der Waals surface area contributed by atoms with E-state index in [1.807, 2.05) is 30.6 Å². The van der Waals surface area contributed by atoms with Crippen LogP contribution in [0.4, 0.5) is 0 Å². The first-order chi connectivity index (χ1) is 7.88. The molecule has 0 bridgehead atoms. The summed E-state index contributed by atoms with van der Waals surface area (Å²) in [6.45, 7) is 0. The summed E-state index contributed by atoms with van der Waals surface area (Å²) in [7, 11) is 0. The van der Waals surface area contributed by atoms with Crippen molar-refractivity contribution in [2.75, 3.05) is 0 Å². The molecule has 1 aliphatic heterocycles. The van der Waals surface area contributed by atoms with E-state index in [0.29, 0.717) is 0 Å². The van der Waals surface area contributed by atoms with Crippen LogP contribution >= 0.6 is 0 Å². The van der Waals surface area contributed by atoms with Gasteiger partial charge >= 0.3 is 0 Å². The Balaban J connectivity index is 2.33. The third-order valence-electron chi connectivity index (χ3n) is 2.68. The van der Waals surface area contributed by atoms with Crippen LogP contribution in [0.25, 0.3) is 24.6 Å². The lowest BCUT2D eigenvalue weighted by molar-refractivity contribution is -0.113. The Kier molecular flexibility index (Phi) is 1.90. The Morgan fingerprint density at radius 3 is 2.94 bits per heavy atom. The van der Waals surface area contributed by atoms with E-state index >= 15 is 0 Å². The highest BCUT2D eigenvalue weighted by Gasteiger charge is 2.06. The first kappa shape index (κ1) is 8.97. The van der Waals surface area contributed by atoms with E-state index in [1.54, 1.807) is 6.20 Å². The molecule has 0 spiro atoms. The lowest BCUT2D eigenvalue weighted by Gasteiger charge is -2.10. The van der Waals surface area contributed by atoms with E-state index in [-0.39, 0.29) is 0 Å². The predicted octanol–water partition coefficient (Wildman–Crippen LogP) is 0.490. The molecule has 1 aromatic heterocycles. The lowest BCUT2D eigenvalue weighted by atomic mass is 10.3. The summed E-state index contributed by atoms with van der Waals surface area (Å²) < 4.78 is 2.06. The highest BCUT2D eigenvalue weighted by molar-refractivity contribution is 5.64. The quantitative estimate of drug-likeness (QED) is 0.619. The fourth-order valence-corrected chi connectivity index (χ4v) is 1.93. The number of rotatable bonds is 1. The third kappa shape index (κ3) is 1.26. The Bertz CT molecular complexity index is 644. The zero-order valence-electron chi connectivity index (χ0n) is 8.58. The number of carbonyl (C=O) groups excluding carboxylic acids is 1. The van der Waals surface area contributed by atoms with Crippen molar-refractivity contribution in [2.24, 2.45) is 0 Å². The van der Waals surface area contributed by atoms with Gasteiger partial charge in [-0.05, 0) is 12.1 Å². The van der Waals surface area contributed by atoms with Crippen molar-refractivity contribution in [1.82, 2.24) is 9.47 Å². The Labute approximate surface area is 92.6 Å². The van der Waals surface area contributed by atoms with Crippen LogP contribution in [0, 0.1) is 0 Å². The fourth-order valence-electron chi connectivity index (χ4n) is 1.93. The molecular formula is C13H10N2O. The normalized spacial score (nSPS) is 15.9. The van der Waals surface area contributed by atoms with Crippen molar-refractivity contribution in [3.63, 3.8) is 0 Å². The second-order valence-electron chi connectivity index (χ2n) is 3.67. The largest absolute Gasteiger partial charge is 0.314 e. The van der Waals surface area contributed by atoms with E-state index in [9.17, 15) is 4.79 Å². The van der Waals surface area contributed by atoms with Crippen molar-refractivity contribution in [2.45, 2.75) is 0 Å². The zero-order chi connectivity index (χ0) is 11.0. The van der Waals surface area contributed by atoms with Gasteiger partial charge in [-0.3, -0.25) is 9.69 Å². The van der Waals surface area contributed by atoms with Crippen LogP contribution in [0.1, 0.15) is 5.56 Å². The summed E-state index contributed by atoms with van der Waals surface area (Å²) in [4.78, 5) is 12.2. The van der Waals surface area contributed by atoms with Gasteiger partial charge in [0.05, 0.1) is 10.7 Å². The molecule has 3 heteroatoms. The number of hydrogen-bond donors (Lipinski definition) is 0. The Morgan fingerprint density at radius 2 is 2.06 bits per heavy atom. The van der Waals surface area contributed by atoms with Gasteiger partial charge in [-0.1, -0.05) is 24.3 Å². The second kappa shape index (κ2) is 3.38. The molecule has 0 saturated heterocycles. The smallest absolute Gasteiger partial charge is 0.217 e. The molecule has 0 saturated carbocycles. The summed E-state index contributed by atoms with van der Waals surface area (Å²) in [5, 5.41) is 2.15. The number of fused-ring (bicyclic) bond motifs is 3. The number of allylic oxidation sites excluding steroid dienone is 3. The van der Waals surface area contributed by atoms with Gasteiger partial charge < -0.3 is 4.57 Å². The first-order valence-electron chi connectivity index (χ1n) is 5.08. The summed E-state index contributed by atoms with van der Waals surface area (Å²) in [5.41, 5.74) is 1.16. The number of carbonyl (C=O) groups is 1. The molecule has 1 aromatic rings. The summed E-state index contributed by atoms with van der Waals surface area (Å²) in [6.07, 6.45) is 16.4. The maximum atomic E-state index is 10.7. The van der Waals surface area contributed by atoms with E-state index in [4.69, 9.17) is 0 Å². The highest BCUT2D eigenvalue weighted by Crippen LogP contribution is 2.01. The number of amides is 1. The standard InChI is InChI=1S/C13H10N2O/c16-10-14-6-7-15-12(9-14)8-11-4-2-1-3-5-13(11)15/h1-10H. The Morgan fingerprint density at radius 1 is 1.12 bits per heavy atom. The topological polar surface area (TPSA) is 25.2 Å². The summed E-state index contributed by atoms with van der Waals surface area (Å²) in [5.74, 6) is 0. The summed E-state index contributed by atoms with van der Waals surface area (Å²) in [6, 6.07) is 2.06. The molecule has 1 aliphatic carbocycles. The van der Waals surface area contributed by atoms with Gasteiger partial charge in [0.2, 0.25) is 6.41 Å². The van der Waals surface area contributed by atoms with E-state index < -0.39 is 0 Å². The van der Waals surface area contributed by atoms with Crippen LogP contribution in [-0.2, 0) is 4.79 Å². The van der Waals surface area contributed by atoms with Crippen molar-refractivity contribution in [3.05, 3.63) is 46.8 Å². The minimum Gasteiger partial charge on any atom is -0.314 e. The fraction of sp³-hybridized carbons (Fsp3) is 0. The molecule has 78 valence electrons. The Hall–Kier alpha value is -2.29. The van der Waals surface area contributed by atoms with Gasteiger partial charge in [0.25, 0.3) is 0 Å². The van der Waals surface area contributed by atoms with Gasteiger partial charge in [0.15, 0.2) is 0 Å². The van der Waals surface area contributed by atoms with Crippen molar-refractivity contribution in [3.8, 4) is 0 Å². The van der Waals surface area contributed by atoms with Crippen molar-refractivity contribution in [1.29, 1.82) is 0 Å². The molecule has 0 aromatic carbocycles. The third-order valence-corrected chi connectivity index (χ3v) is 2.68. The van der Waals surface area contributed by atoms with Gasteiger partial charge in [0, 0.05) is 24.2 Å². The molecule has 1 amide bonds. The molecule has 2 heterocycles. The van der Waals surface area contributed by atoms with Crippen LogP contribution in [0.5, 0.6) is 0 Å². The number of hydrogen-bond acceptors (Lipinski definition) is 1. The molecule has 2 aliphatic rings. The van der Waals surface area contributed by atoms with Gasteiger partial charge in [-0.2, -0.15) is 0 Å². The zero-order valence-corrected chi connectivity index (χ0v) is 8.58. The van der Waals surface area contributed by atoms with Crippen LogP contribution in [0.15, 0.2) is 30.5 Å². The molecule has 0 N–H and O–H groups in total. The number of aromatic nitrogens is 1. The molecule has 0 atom stereocenters. The van der Waals surface area contributed by atoms with Crippen molar-refractivity contribution >= 4 is 31.0 Å². The predicted molar refractivity (Wildman–Crippen MR) is 64.0 cm³/mol. The van der Waals surface area contributed by atoms with E-state index in [0.717, 1.165) is 22.7 Å². The lowest BCUT2D eigenvalue weighted by Crippen LogP contribution is -2.28. The first-order valence-corrected chi connectivity index (χ1v) is 5.08. The molecule has 0 radical (unpaired) electrons. The molecule has 16 heavy (non-hydrogen) atoms. The highest BCUT2D eigenvalue weighted by atomic mass is 16.1. The average Bonchev–Trinajstić information content (AvgIpc) is 2.50. The average molecular weight is 210 g/mol. The van der Waals surface area contributed by atoms with Gasteiger partial charge in [-0.25, -0.2) is 0 Å². The molecular weight excluding hydrogens is 200 g/mol. The minimum atomic E-state index is 0.789. The molecule has 0 fully saturated rings. The maximum absolute atomic E-state index is 10.7. The van der Waals surface area contributed by atoms with Crippen LogP contribution in [-0.4, -0.2) is 15.9 Å². The maximum Gasteiger partial charge on any atom is 0.217 e.